The fourth-order valence-electron chi connectivity index (χ4n) is 2.12. The number of para-hydroxylation sites is 1. The number of methoxy groups -OCH3 is 1. The van der Waals surface area contributed by atoms with Crippen molar-refractivity contribution in [3.8, 4) is 11.5 Å². The number of rotatable bonds is 8. The van der Waals surface area contributed by atoms with Crippen LogP contribution in [0.25, 0.3) is 0 Å². The lowest BCUT2D eigenvalue weighted by Gasteiger charge is -2.19. The highest BCUT2D eigenvalue weighted by molar-refractivity contribution is 5.46. The fourth-order valence-corrected chi connectivity index (χ4v) is 2.12. The maximum atomic E-state index is 6.04. The molecule has 0 saturated heterocycles. The summed E-state index contributed by atoms with van der Waals surface area (Å²) in [6, 6.07) is 9.99. The molecule has 4 heteroatoms. The third-order valence-electron chi connectivity index (χ3n) is 3.54. The number of benzene rings is 1. The normalized spacial score (nSPS) is 12.0. The standard InChI is InChI=1S/C18H24N2O2/c1-4-14(2)22-18-16(8-5-9-17(18)21-3)13-20-12-15-7-6-10-19-11-15/h5-11,14,20H,4,12-13H2,1-3H3. The van der Waals surface area contributed by atoms with Gasteiger partial charge in [0.15, 0.2) is 11.5 Å². The highest BCUT2D eigenvalue weighted by Crippen LogP contribution is 2.32. The fraction of sp³-hybridized carbons (Fsp3) is 0.389. The van der Waals surface area contributed by atoms with Crippen molar-refractivity contribution in [3.05, 3.63) is 53.9 Å². The van der Waals surface area contributed by atoms with Crippen LogP contribution in [0.3, 0.4) is 0 Å². The molecule has 0 aliphatic carbocycles. The second-order valence-electron chi connectivity index (χ2n) is 5.25. The Morgan fingerprint density at radius 3 is 2.73 bits per heavy atom. The summed E-state index contributed by atoms with van der Waals surface area (Å²) >= 11 is 0. The molecule has 4 nitrogen and oxygen atoms in total. The topological polar surface area (TPSA) is 43.4 Å². The van der Waals surface area contributed by atoms with Crippen LogP contribution in [-0.2, 0) is 13.1 Å². The molecule has 2 rings (SSSR count). The second-order valence-corrected chi connectivity index (χ2v) is 5.25. The zero-order chi connectivity index (χ0) is 15.8. The van der Waals surface area contributed by atoms with Crippen molar-refractivity contribution in [2.24, 2.45) is 0 Å². The molecule has 0 aliphatic heterocycles. The minimum Gasteiger partial charge on any atom is -0.493 e. The van der Waals surface area contributed by atoms with E-state index >= 15 is 0 Å². The average molecular weight is 300 g/mol. The van der Waals surface area contributed by atoms with E-state index < -0.39 is 0 Å². The zero-order valence-electron chi connectivity index (χ0n) is 13.5. The molecular weight excluding hydrogens is 276 g/mol. The molecule has 1 unspecified atom stereocenters. The number of ether oxygens (including phenoxy) is 2. The summed E-state index contributed by atoms with van der Waals surface area (Å²) in [5.74, 6) is 1.61. The van der Waals surface area contributed by atoms with Crippen LogP contribution < -0.4 is 14.8 Å². The van der Waals surface area contributed by atoms with Gasteiger partial charge in [-0.15, -0.1) is 0 Å². The Kier molecular flexibility index (Phi) is 6.22. The Morgan fingerprint density at radius 2 is 2.05 bits per heavy atom. The van der Waals surface area contributed by atoms with Crippen LogP contribution in [0.2, 0.25) is 0 Å². The molecule has 2 aromatic rings. The summed E-state index contributed by atoms with van der Waals surface area (Å²) in [7, 11) is 1.67. The van der Waals surface area contributed by atoms with Crippen molar-refractivity contribution in [2.45, 2.75) is 39.5 Å². The molecule has 0 bridgehead atoms. The molecule has 1 heterocycles. The molecule has 0 aliphatic rings. The van der Waals surface area contributed by atoms with E-state index in [4.69, 9.17) is 9.47 Å². The molecule has 1 atom stereocenters. The summed E-state index contributed by atoms with van der Waals surface area (Å²) in [6.07, 6.45) is 4.77. The van der Waals surface area contributed by atoms with Gasteiger partial charge in [-0.25, -0.2) is 0 Å². The maximum Gasteiger partial charge on any atom is 0.166 e. The van der Waals surface area contributed by atoms with Crippen LogP contribution in [0, 0.1) is 0 Å². The van der Waals surface area contributed by atoms with Crippen molar-refractivity contribution >= 4 is 0 Å². The lowest BCUT2D eigenvalue weighted by Crippen LogP contribution is -2.16. The number of nitrogens with one attached hydrogen (secondary N) is 1. The third kappa shape index (κ3) is 4.46. The first-order valence-electron chi connectivity index (χ1n) is 7.66. The number of hydrogen-bond acceptors (Lipinski definition) is 4. The van der Waals surface area contributed by atoms with Gasteiger partial charge in [0.25, 0.3) is 0 Å². The molecule has 0 radical (unpaired) electrons. The van der Waals surface area contributed by atoms with Crippen molar-refractivity contribution in [2.75, 3.05) is 7.11 Å². The molecule has 1 N–H and O–H groups in total. The van der Waals surface area contributed by atoms with Gasteiger partial charge in [-0.05, 0) is 31.0 Å². The van der Waals surface area contributed by atoms with E-state index in [1.165, 1.54) is 0 Å². The van der Waals surface area contributed by atoms with Crippen LogP contribution in [0.5, 0.6) is 11.5 Å². The van der Waals surface area contributed by atoms with E-state index in [1.54, 1.807) is 13.3 Å². The van der Waals surface area contributed by atoms with Crippen molar-refractivity contribution < 1.29 is 9.47 Å². The molecular formula is C18H24N2O2. The summed E-state index contributed by atoms with van der Waals surface area (Å²) in [5.41, 5.74) is 2.26. The van der Waals surface area contributed by atoms with Crippen molar-refractivity contribution in [1.29, 1.82) is 0 Å². The molecule has 0 fully saturated rings. The summed E-state index contributed by atoms with van der Waals surface area (Å²) in [6.45, 7) is 5.67. The van der Waals surface area contributed by atoms with Crippen molar-refractivity contribution in [3.63, 3.8) is 0 Å². The van der Waals surface area contributed by atoms with Gasteiger partial charge in [0, 0.05) is 31.0 Å². The van der Waals surface area contributed by atoms with E-state index in [9.17, 15) is 0 Å². The first-order chi connectivity index (χ1) is 10.7. The Labute approximate surface area is 132 Å². The average Bonchev–Trinajstić information content (AvgIpc) is 2.57. The van der Waals surface area contributed by atoms with Gasteiger partial charge < -0.3 is 14.8 Å². The maximum absolute atomic E-state index is 6.04. The molecule has 1 aromatic carbocycles. The molecule has 0 amide bonds. The monoisotopic (exact) mass is 300 g/mol. The lowest BCUT2D eigenvalue weighted by atomic mass is 10.1. The number of nitrogens with zero attached hydrogens (tertiary/aromatic N) is 1. The molecule has 1 aromatic heterocycles. The molecule has 118 valence electrons. The van der Waals surface area contributed by atoms with Gasteiger partial charge in [-0.2, -0.15) is 0 Å². The Balaban J connectivity index is 2.05. The largest absolute Gasteiger partial charge is 0.493 e. The van der Waals surface area contributed by atoms with Crippen LogP contribution >= 0.6 is 0 Å². The van der Waals surface area contributed by atoms with Crippen molar-refractivity contribution in [1.82, 2.24) is 10.3 Å². The van der Waals surface area contributed by atoms with E-state index in [0.717, 1.165) is 42.1 Å². The summed E-state index contributed by atoms with van der Waals surface area (Å²) in [5, 5.41) is 3.43. The second kappa shape index (κ2) is 8.39. The third-order valence-corrected chi connectivity index (χ3v) is 3.54. The molecule has 0 saturated carbocycles. The Hall–Kier alpha value is -2.07. The summed E-state index contributed by atoms with van der Waals surface area (Å²) in [4.78, 5) is 4.12. The first-order valence-corrected chi connectivity index (χ1v) is 7.66. The zero-order valence-corrected chi connectivity index (χ0v) is 13.5. The first kappa shape index (κ1) is 16.3. The van der Waals surface area contributed by atoms with E-state index in [0.29, 0.717) is 0 Å². The Morgan fingerprint density at radius 1 is 1.18 bits per heavy atom. The summed E-state index contributed by atoms with van der Waals surface area (Å²) < 4.78 is 11.5. The van der Waals surface area contributed by atoms with Crippen LogP contribution in [0.15, 0.2) is 42.7 Å². The van der Waals surface area contributed by atoms with E-state index in [2.05, 4.69) is 36.3 Å². The molecule has 22 heavy (non-hydrogen) atoms. The SMILES string of the molecule is CCC(C)Oc1c(CNCc2cccnc2)cccc1OC. The number of hydrogen-bond donors (Lipinski definition) is 1. The van der Waals surface area contributed by atoms with Gasteiger partial charge in [-0.3, -0.25) is 4.98 Å². The van der Waals surface area contributed by atoms with Gasteiger partial charge >= 0.3 is 0 Å². The lowest BCUT2D eigenvalue weighted by molar-refractivity contribution is 0.205. The quantitative estimate of drug-likeness (QED) is 0.809. The Bertz CT molecular complexity index is 573. The predicted molar refractivity (Wildman–Crippen MR) is 88.2 cm³/mol. The highest BCUT2D eigenvalue weighted by Gasteiger charge is 2.13. The van der Waals surface area contributed by atoms with Gasteiger partial charge in [0.2, 0.25) is 0 Å². The van der Waals surface area contributed by atoms with Gasteiger partial charge in [0.1, 0.15) is 0 Å². The predicted octanol–water partition coefficient (Wildman–Crippen LogP) is 3.56. The highest BCUT2D eigenvalue weighted by atomic mass is 16.5. The number of aromatic nitrogens is 1. The van der Waals surface area contributed by atoms with Crippen LogP contribution in [-0.4, -0.2) is 18.2 Å². The van der Waals surface area contributed by atoms with Gasteiger partial charge in [-0.1, -0.05) is 25.1 Å². The number of pyridine rings is 1. The van der Waals surface area contributed by atoms with Crippen LogP contribution in [0.1, 0.15) is 31.4 Å². The minimum absolute atomic E-state index is 0.161. The molecule has 0 spiro atoms. The van der Waals surface area contributed by atoms with E-state index in [1.807, 2.05) is 24.4 Å². The van der Waals surface area contributed by atoms with E-state index in [-0.39, 0.29) is 6.10 Å². The van der Waals surface area contributed by atoms with Gasteiger partial charge in [0.05, 0.1) is 13.2 Å². The minimum atomic E-state index is 0.161. The van der Waals surface area contributed by atoms with Crippen LogP contribution in [0.4, 0.5) is 0 Å². The smallest absolute Gasteiger partial charge is 0.166 e.